The number of nitrogens with one attached hydrogen (secondary N) is 1. The van der Waals surface area contributed by atoms with Crippen molar-refractivity contribution in [3.05, 3.63) is 36.5 Å². The van der Waals surface area contributed by atoms with Gasteiger partial charge in [-0.2, -0.15) is 0 Å². The van der Waals surface area contributed by atoms with Gasteiger partial charge < -0.3 is 5.32 Å². The number of allylic oxidation sites excluding steroid dienone is 3. The normalized spacial score (nSPS) is 25.0. The summed E-state index contributed by atoms with van der Waals surface area (Å²) in [7, 11) is 0. The zero-order valence-corrected chi connectivity index (χ0v) is 9.25. The molecule has 1 nitrogen and oxygen atoms in total. The number of rotatable bonds is 1. The predicted molar refractivity (Wildman–Crippen MR) is 64.0 cm³/mol. The smallest absolute Gasteiger partial charge is 0.0533 e. The Morgan fingerprint density at radius 1 is 1.43 bits per heavy atom. The van der Waals surface area contributed by atoms with E-state index in [0.29, 0.717) is 0 Å². The molecule has 1 aliphatic heterocycles. The van der Waals surface area contributed by atoms with Crippen molar-refractivity contribution < 1.29 is 0 Å². The Bertz CT molecular complexity index is 261. The van der Waals surface area contributed by atoms with Crippen LogP contribution < -0.4 is 5.32 Å². The minimum absolute atomic E-state index is 0.00757. The summed E-state index contributed by atoms with van der Waals surface area (Å²) in [6.45, 7) is 7.02. The summed E-state index contributed by atoms with van der Waals surface area (Å²) >= 11 is 0. The zero-order valence-electron chi connectivity index (χ0n) is 9.25. The largest absolute Gasteiger partial charge is 0.301 e. The second-order valence-corrected chi connectivity index (χ2v) is 3.23. The second-order valence-electron chi connectivity index (χ2n) is 3.23. The molecule has 0 saturated heterocycles. The monoisotopic (exact) mass is 189 g/mol. The Labute approximate surface area is 87.6 Å². The first-order valence-electron chi connectivity index (χ1n) is 4.82. The van der Waals surface area contributed by atoms with Crippen LogP contribution in [0, 0.1) is 12.3 Å². The number of terminal acetylenes is 1. The Hall–Kier alpha value is -1.26. The van der Waals surface area contributed by atoms with Crippen LogP contribution in [0.25, 0.3) is 0 Å². The molecule has 1 rings (SSSR count). The van der Waals surface area contributed by atoms with Crippen molar-refractivity contribution in [1.82, 2.24) is 5.32 Å². The van der Waals surface area contributed by atoms with Gasteiger partial charge in [0.1, 0.15) is 0 Å². The number of hydrogen-bond donors (Lipinski definition) is 1. The average Bonchev–Trinajstić information content (AvgIpc) is 2.63. The van der Waals surface area contributed by atoms with Crippen molar-refractivity contribution in [2.75, 3.05) is 6.54 Å². The lowest BCUT2D eigenvalue weighted by atomic mass is 10.0. The molecule has 0 aromatic heterocycles. The molecule has 1 aliphatic rings. The van der Waals surface area contributed by atoms with E-state index < -0.39 is 0 Å². The van der Waals surface area contributed by atoms with Crippen LogP contribution in [0.15, 0.2) is 36.5 Å². The molecule has 0 radical (unpaired) electrons. The molecule has 76 valence electrons. The summed E-state index contributed by atoms with van der Waals surface area (Å²) in [5.74, 6) is 2.47. The van der Waals surface area contributed by atoms with Crippen molar-refractivity contribution >= 4 is 0 Å². The summed E-state index contributed by atoms with van der Waals surface area (Å²) in [6, 6.07) is 0. The van der Waals surface area contributed by atoms with E-state index in [1.54, 1.807) is 6.08 Å². The molecule has 0 amide bonds. The van der Waals surface area contributed by atoms with E-state index in [1.807, 2.05) is 32.1 Å². The maximum atomic E-state index is 5.08. The van der Waals surface area contributed by atoms with Crippen molar-refractivity contribution in [2.45, 2.75) is 26.3 Å². The minimum Gasteiger partial charge on any atom is -0.301 e. The lowest BCUT2D eigenvalue weighted by Crippen LogP contribution is -2.33. The zero-order chi connectivity index (χ0) is 10.9. The highest BCUT2D eigenvalue weighted by molar-refractivity contribution is 5.25. The molecule has 1 heterocycles. The molecular weight excluding hydrogens is 170 g/mol. The standard InChI is InChI=1S/C9H11N.C4H8/c1-3-4-6-9(2)7-5-8-10-9;1-3-4-2/h1,4-7,10H,8H2,2H3;3-4H,1-2H3/b6-4+;4-3-. The van der Waals surface area contributed by atoms with Gasteiger partial charge >= 0.3 is 0 Å². The van der Waals surface area contributed by atoms with Gasteiger partial charge in [-0.25, -0.2) is 0 Å². The van der Waals surface area contributed by atoms with E-state index in [-0.39, 0.29) is 5.54 Å². The van der Waals surface area contributed by atoms with Gasteiger partial charge in [-0.05, 0) is 26.8 Å². The highest BCUT2D eigenvalue weighted by atomic mass is 15.0. The van der Waals surface area contributed by atoms with E-state index in [4.69, 9.17) is 6.42 Å². The van der Waals surface area contributed by atoms with Gasteiger partial charge in [0.15, 0.2) is 0 Å². The maximum absolute atomic E-state index is 5.08. The van der Waals surface area contributed by atoms with Gasteiger partial charge in [0.25, 0.3) is 0 Å². The van der Waals surface area contributed by atoms with Gasteiger partial charge in [0.2, 0.25) is 0 Å². The molecule has 0 saturated carbocycles. The minimum atomic E-state index is -0.00757. The van der Waals surface area contributed by atoms with Crippen molar-refractivity contribution in [2.24, 2.45) is 0 Å². The third kappa shape index (κ3) is 5.40. The molecule has 0 fully saturated rings. The Balaban J connectivity index is 0.000000364. The van der Waals surface area contributed by atoms with Crippen LogP contribution in [-0.2, 0) is 0 Å². The molecule has 1 N–H and O–H groups in total. The SMILES string of the molecule is C#C/C=C/C1(C)C=CCN1.C/C=C\C. The summed E-state index contributed by atoms with van der Waals surface area (Å²) in [5.41, 5.74) is -0.00757. The van der Waals surface area contributed by atoms with Crippen LogP contribution in [0.1, 0.15) is 20.8 Å². The lowest BCUT2D eigenvalue weighted by Gasteiger charge is -2.16. The van der Waals surface area contributed by atoms with Gasteiger partial charge in [-0.1, -0.05) is 36.3 Å². The molecule has 0 aromatic rings. The molecule has 0 spiro atoms. The molecule has 1 heteroatoms. The third-order valence-corrected chi connectivity index (χ3v) is 1.92. The van der Waals surface area contributed by atoms with E-state index in [2.05, 4.69) is 30.3 Å². The summed E-state index contributed by atoms with van der Waals surface area (Å²) in [6.07, 6.45) is 17.0. The van der Waals surface area contributed by atoms with E-state index in [9.17, 15) is 0 Å². The lowest BCUT2D eigenvalue weighted by molar-refractivity contribution is 0.593. The molecular formula is C13H19N. The van der Waals surface area contributed by atoms with E-state index >= 15 is 0 Å². The van der Waals surface area contributed by atoms with Crippen molar-refractivity contribution in [3.8, 4) is 12.3 Å². The fourth-order valence-corrected chi connectivity index (χ4v) is 0.977. The summed E-state index contributed by atoms with van der Waals surface area (Å²) < 4.78 is 0. The topological polar surface area (TPSA) is 12.0 Å². The summed E-state index contributed by atoms with van der Waals surface area (Å²) in [5, 5.41) is 3.27. The Kier molecular flexibility index (Phi) is 6.53. The average molecular weight is 189 g/mol. The Morgan fingerprint density at radius 3 is 2.43 bits per heavy atom. The third-order valence-electron chi connectivity index (χ3n) is 1.92. The first kappa shape index (κ1) is 12.7. The molecule has 0 aliphatic carbocycles. The van der Waals surface area contributed by atoms with Crippen LogP contribution in [-0.4, -0.2) is 12.1 Å². The summed E-state index contributed by atoms with van der Waals surface area (Å²) in [4.78, 5) is 0. The van der Waals surface area contributed by atoms with E-state index in [0.717, 1.165) is 6.54 Å². The second kappa shape index (κ2) is 7.17. The fraction of sp³-hybridized carbons (Fsp3) is 0.385. The van der Waals surface area contributed by atoms with Crippen molar-refractivity contribution in [3.63, 3.8) is 0 Å². The Morgan fingerprint density at radius 2 is 2.07 bits per heavy atom. The van der Waals surface area contributed by atoms with Crippen LogP contribution >= 0.6 is 0 Å². The quantitative estimate of drug-likeness (QED) is 0.494. The molecule has 1 atom stereocenters. The highest BCUT2D eigenvalue weighted by Gasteiger charge is 2.18. The van der Waals surface area contributed by atoms with Crippen LogP contribution in [0.5, 0.6) is 0 Å². The maximum Gasteiger partial charge on any atom is 0.0533 e. The van der Waals surface area contributed by atoms with E-state index in [1.165, 1.54) is 0 Å². The first-order valence-corrected chi connectivity index (χ1v) is 4.82. The fourth-order valence-electron chi connectivity index (χ4n) is 0.977. The molecule has 0 bridgehead atoms. The van der Waals surface area contributed by atoms with Crippen LogP contribution in [0.3, 0.4) is 0 Å². The van der Waals surface area contributed by atoms with Gasteiger partial charge in [-0.3, -0.25) is 0 Å². The first-order chi connectivity index (χ1) is 6.68. The number of hydrogen-bond acceptors (Lipinski definition) is 1. The van der Waals surface area contributed by atoms with Gasteiger partial charge in [0.05, 0.1) is 5.54 Å². The van der Waals surface area contributed by atoms with Gasteiger partial charge in [0, 0.05) is 6.54 Å². The predicted octanol–water partition coefficient (Wildman–Crippen LogP) is 2.68. The molecule has 1 unspecified atom stereocenters. The van der Waals surface area contributed by atoms with Crippen molar-refractivity contribution in [1.29, 1.82) is 0 Å². The van der Waals surface area contributed by atoms with Gasteiger partial charge in [-0.15, -0.1) is 6.42 Å². The molecule has 0 aromatic carbocycles. The van der Waals surface area contributed by atoms with Crippen LogP contribution in [0.4, 0.5) is 0 Å². The molecule has 14 heavy (non-hydrogen) atoms. The van der Waals surface area contributed by atoms with Crippen LogP contribution in [0.2, 0.25) is 0 Å². The highest BCUT2D eigenvalue weighted by Crippen LogP contribution is 2.11.